The van der Waals surface area contributed by atoms with Crippen LogP contribution in [0.25, 0.3) is 0 Å². The van der Waals surface area contributed by atoms with Crippen LogP contribution < -0.4 is 10.7 Å². The van der Waals surface area contributed by atoms with Crippen molar-refractivity contribution in [2.75, 3.05) is 5.32 Å². The van der Waals surface area contributed by atoms with Crippen LogP contribution in [0.15, 0.2) is 41.5 Å². The van der Waals surface area contributed by atoms with Gasteiger partial charge in [0.1, 0.15) is 5.75 Å². The van der Waals surface area contributed by atoms with Crippen LogP contribution in [0.2, 0.25) is 5.02 Å². The highest BCUT2D eigenvalue weighted by Crippen LogP contribution is 2.36. The van der Waals surface area contributed by atoms with Crippen molar-refractivity contribution in [1.29, 1.82) is 0 Å². The zero-order valence-corrected chi connectivity index (χ0v) is 16.1. The van der Waals surface area contributed by atoms with Gasteiger partial charge in [-0.05, 0) is 43.7 Å². The van der Waals surface area contributed by atoms with Gasteiger partial charge in [0, 0.05) is 11.4 Å². The van der Waals surface area contributed by atoms with Gasteiger partial charge < -0.3 is 10.4 Å². The lowest BCUT2D eigenvalue weighted by atomic mass is 10.1. The van der Waals surface area contributed by atoms with Crippen molar-refractivity contribution in [2.24, 2.45) is 5.10 Å². The number of phenols is 1. The average Bonchev–Trinajstić information content (AvgIpc) is 2.62. The molecule has 2 amide bonds. The molecule has 0 bridgehead atoms. The Hall–Kier alpha value is -3.07. The molecule has 0 spiro atoms. The normalized spacial score (nSPS) is 11.9. The summed E-state index contributed by atoms with van der Waals surface area (Å²) in [4.78, 5) is 24.1. The van der Waals surface area contributed by atoms with Crippen molar-refractivity contribution >= 4 is 34.8 Å². The third-order valence-electron chi connectivity index (χ3n) is 3.80. The molecule has 0 unspecified atom stereocenters. The van der Waals surface area contributed by atoms with Crippen molar-refractivity contribution in [1.82, 2.24) is 5.43 Å². The summed E-state index contributed by atoms with van der Waals surface area (Å²) in [5.74, 6) is -1.48. The lowest BCUT2D eigenvalue weighted by molar-refractivity contribution is -0.137. The minimum absolute atomic E-state index is 0.0202. The first kappa shape index (κ1) is 22.2. The second-order valence-electron chi connectivity index (χ2n) is 6.18. The number of hydrazone groups is 1. The topological polar surface area (TPSA) is 90.8 Å². The van der Waals surface area contributed by atoms with Gasteiger partial charge in [0.05, 0.1) is 22.6 Å². The molecule has 2 aromatic rings. The van der Waals surface area contributed by atoms with E-state index >= 15 is 0 Å². The molecule has 154 valence electrons. The molecule has 0 fully saturated rings. The van der Waals surface area contributed by atoms with Gasteiger partial charge in [-0.15, -0.1) is 0 Å². The Morgan fingerprint density at radius 1 is 1.21 bits per heavy atom. The van der Waals surface area contributed by atoms with Crippen LogP contribution in [0.4, 0.5) is 18.9 Å². The molecule has 0 aliphatic rings. The standard InChI is InChI=1S/C19H17ClF3N3O3/c1-10-4-3-5-13(17(10)28)18(29)26-25-11(2)8-16(27)24-12-6-7-15(20)14(9-12)19(21,22)23/h3-7,9,28H,8H2,1-2H3,(H,24,27)(H,26,29)/b25-11-. The molecule has 0 atom stereocenters. The summed E-state index contributed by atoms with van der Waals surface area (Å²) in [6, 6.07) is 7.64. The van der Waals surface area contributed by atoms with E-state index in [2.05, 4.69) is 15.8 Å². The van der Waals surface area contributed by atoms with Crippen molar-refractivity contribution in [3.05, 3.63) is 58.1 Å². The van der Waals surface area contributed by atoms with E-state index in [1.54, 1.807) is 19.1 Å². The number of hydrogen-bond acceptors (Lipinski definition) is 4. The summed E-state index contributed by atoms with van der Waals surface area (Å²) in [7, 11) is 0. The maximum absolute atomic E-state index is 12.9. The molecule has 0 aliphatic carbocycles. The fraction of sp³-hybridized carbons (Fsp3) is 0.211. The first-order valence-electron chi connectivity index (χ1n) is 8.27. The lowest BCUT2D eigenvalue weighted by Crippen LogP contribution is -2.21. The Labute approximate surface area is 169 Å². The van der Waals surface area contributed by atoms with Gasteiger partial charge in [-0.3, -0.25) is 9.59 Å². The summed E-state index contributed by atoms with van der Waals surface area (Å²) in [6.07, 6.45) is -4.93. The van der Waals surface area contributed by atoms with E-state index in [0.29, 0.717) is 5.56 Å². The summed E-state index contributed by atoms with van der Waals surface area (Å²) < 4.78 is 38.6. The van der Waals surface area contributed by atoms with Crippen molar-refractivity contribution in [2.45, 2.75) is 26.4 Å². The fourth-order valence-corrected chi connectivity index (χ4v) is 2.57. The van der Waals surface area contributed by atoms with Gasteiger partial charge >= 0.3 is 6.18 Å². The van der Waals surface area contributed by atoms with Crippen LogP contribution in [-0.2, 0) is 11.0 Å². The number of aryl methyl sites for hydroxylation is 1. The Morgan fingerprint density at radius 2 is 1.90 bits per heavy atom. The van der Waals surface area contributed by atoms with E-state index in [1.165, 1.54) is 19.1 Å². The molecule has 0 saturated heterocycles. The third kappa shape index (κ3) is 5.95. The molecule has 6 nitrogen and oxygen atoms in total. The van der Waals surface area contributed by atoms with E-state index in [0.717, 1.165) is 12.1 Å². The number of alkyl halides is 3. The highest BCUT2D eigenvalue weighted by Gasteiger charge is 2.33. The lowest BCUT2D eigenvalue weighted by Gasteiger charge is -2.12. The quantitative estimate of drug-likeness (QED) is 0.484. The number of benzene rings is 2. The SMILES string of the molecule is C/C(CC(=O)Nc1ccc(Cl)c(C(F)(F)F)c1)=N/NC(=O)c1cccc(C)c1O. The number of aromatic hydroxyl groups is 1. The number of hydrogen-bond donors (Lipinski definition) is 3. The van der Waals surface area contributed by atoms with Crippen LogP contribution >= 0.6 is 11.6 Å². The zero-order valence-electron chi connectivity index (χ0n) is 15.4. The largest absolute Gasteiger partial charge is 0.507 e. The summed E-state index contributed by atoms with van der Waals surface area (Å²) in [5, 5.41) is 15.5. The number of nitrogens with zero attached hydrogens (tertiary/aromatic N) is 1. The second kappa shape index (κ2) is 8.95. The van der Waals surface area contributed by atoms with E-state index in [-0.39, 0.29) is 29.1 Å². The number of rotatable bonds is 5. The Bertz CT molecular complexity index is 975. The molecule has 0 aromatic heterocycles. The number of halogens is 4. The molecule has 10 heteroatoms. The number of nitrogens with one attached hydrogen (secondary N) is 2. The monoisotopic (exact) mass is 427 g/mol. The Morgan fingerprint density at radius 3 is 2.55 bits per heavy atom. The van der Waals surface area contributed by atoms with E-state index in [1.807, 2.05) is 0 Å². The molecule has 2 aromatic carbocycles. The van der Waals surface area contributed by atoms with Gasteiger partial charge in [-0.2, -0.15) is 18.3 Å². The van der Waals surface area contributed by atoms with Gasteiger partial charge in [0.2, 0.25) is 5.91 Å². The average molecular weight is 428 g/mol. The number of amides is 2. The number of carbonyl (C=O) groups is 2. The van der Waals surface area contributed by atoms with Crippen LogP contribution in [0.1, 0.15) is 34.8 Å². The fourth-order valence-electron chi connectivity index (χ4n) is 2.35. The van der Waals surface area contributed by atoms with Crippen molar-refractivity contribution in [3.8, 4) is 5.75 Å². The summed E-state index contributed by atoms with van der Waals surface area (Å²) >= 11 is 5.53. The molecule has 0 radical (unpaired) electrons. The predicted octanol–water partition coefficient (Wildman–Crippen LogP) is 4.51. The number of phenolic OH excluding ortho intramolecular Hbond substituents is 1. The minimum Gasteiger partial charge on any atom is -0.507 e. The third-order valence-corrected chi connectivity index (χ3v) is 4.13. The minimum atomic E-state index is -4.65. The smallest absolute Gasteiger partial charge is 0.417 e. The predicted molar refractivity (Wildman–Crippen MR) is 103 cm³/mol. The second-order valence-corrected chi connectivity index (χ2v) is 6.58. The van der Waals surface area contributed by atoms with Gasteiger partial charge in [0.25, 0.3) is 5.91 Å². The molecular weight excluding hydrogens is 411 g/mol. The van der Waals surface area contributed by atoms with Crippen molar-refractivity contribution < 1.29 is 27.9 Å². The number of anilines is 1. The maximum atomic E-state index is 12.9. The van der Waals surface area contributed by atoms with Crippen LogP contribution in [0.5, 0.6) is 5.75 Å². The molecule has 0 heterocycles. The van der Waals surface area contributed by atoms with Crippen LogP contribution in [-0.4, -0.2) is 22.6 Å². The van der Waals surface area contributed by atoms with Gasteiger partial charge in [0.15, 0.2) is 0 Å². The van der Waals surface area contributed by atoms with Crippen LogP contribution in [0, 0.1) is 6.92 Å². The number of para-hydroxylation sites is 1. The molecule has 0 aliphatic heterocycles. The van der Waals surface area contributed by atoms with E-state index in [4.69, 9.17) is 11.6 Å². The first-order valence-corrected chi connectivity index (χ1v) is 8.65. The van der Waals surface area contributed by atoms with E-state index < -0.39 is 28.6 Å². The molecule has 0 saturated carbocycles. The first-order chi connectivity index (χ1) is 13.5. The highest BCUT2D eigenvalue weighted by atomic mass is 35.5. The summed E-state index contributed by atoms with van der Waals surface area (Å²) in [5.41, 5.74) is 1.81. The zero-order chi connectivity index (χ0) is 21.8. The molecule has 29 heavy (non-hydrogen) atoms. The van der Waals surface area contributed by atoms with E-state index in [9.17, 15) is 27.9 Å². The summed E-state index contributed by atoms with van der Waals surface area (Å²) in [6.45, 7) is 3.09. The Kier molecular flexibility index (Phi) is 6.86. The number of carbonyl (C=O) groups excluding carboxylic acids is 2. The van der Waals surface area contributed by atoms with Crippen LogP contribution in [0.3, 0.4) is 0 Å². The molecule has 2 rings (SSSR count). The highest BCUT2D eigenvalue weighted by molar-refractivity contribution is 6.31. The maximum Gasteiger partial charge on any atom is 0.417 e. The molecule has 3 N–H and O–H groups in total. The molecular formula is C19H17ClF3N3O3. The van der Waals surface area contributed by atoms with Gasteiger partial charge in [-0.1, -0.05) is 23.7 Å². The van der Waals surface area contributed by atoms with Gasteiger partial charge in [-0.25, -0.2) is 5.43 Å². The van der Waals surface area contributed by atoms with Crippen molar-refractivity contribution in [3.63, 3.8) is 0 Å². The Balaban J connectivity index is 2.00.